The van der Waals surface area contributed by atoms with Gasteiger partial charge < -0.3 is 10.1 Å². The first-order chi connectivity index (χ1) is 13.2. The molecule has 0 atom stereocenters. The van der Waals surface area contributed by atoms with E-state index in [4.69, 9.17) is 27.9 Å². The molecule has 0 heterocycles. The molecule has 2 aromatic rings. The number of hydrogen-bond acceptors (Lipinski definition) is 5. The zero-order valence-electron chi connectivity index (χ0n) is 14.2. The van der Waals surface area contributed by atoms with Crippen molar-refractivity contribution in [1.82, 2.24) is 4.72 Å². The lowest BCUT2D eigenvalue weighted by atomic mass is 10.3. The van der Waals surface area contributed by atoms with Crippen molar-refractivity contribution in [3.05, 3.63) is 58.3 Å². The molecule has 0 bridgehead atoms. The van der Waals surface area contributed by atoms with Gasteiger partial charge in [0, 0.05) is 11.6 Å². The Morgan fingerprint density at radius 3 is 2.39 bits per heavy atom. The zero-order valence-corrected chi connectivity index (χ0v) is 16.6. The Balaban J connectivity index is 1.75. The molecular formula is C17H15Cl2FN2O5S. The van der Waals surface area contributed by atoms with Crippen LogP contribution in [-0.4, -0.2) is 33.4 Å². The molecule has 28 heavy (non-hydrogen) atoms. The van der Waals surface area contributed by atoms with E-state index in [1.807, 2.05) is 0 Å². The summed E-state index contributed by atoms with van der Waals surface area (Å²) in [5, 5.41) is 2.75. The average Bonchev–Trinajstić information content (AvgIpc) is 2.62. The number of nitrogens with one attached hydrogen (secondary N) is 2. The molecule has 2 N–H and O–H groups in total. The van der Waals surface area contributed by atoms with Crippen molar-refractivity contribution in [2.24, 2.45) is 0 Å². The molecule has 2 aromatic carbocycles. The van der Waals surface area contributed by atoms with Gasteiger partial charge >= 0.3 is 5.97 Å². The first-order valence-electron chi connectivity index (χ1n) is 7.83. The minimum absolute atomic E-state index is 0.000761. The maximum Gasteiger partial charge on any atom is 0.307 e. The Morgan fingerprint density at radius 1 is 1.07 bits per heavy atom. The van der Waals surface area contributed by atoms with E-state index in [1.165, 1.54) is 30.3 Å². The average molecular weight is 449 g/mol. The molecule has 0 aromatic heterocycles. The van der Waals surface area contributed by atoms with Gasteiger partial charge in [0.05, 0.1) is 22.0 Å². The van der Waals surface area contributed by atoms with E-state index >= 15 is 0 Å². The highest BCUT2D eigenvalue weighted by atomic mass is 35.5. The van der Waals surface area contributed by atoms with Crippen molar-refractivity contribution in [1.29, 1.82) is 0 Å². The Morgan fingerprint density at radius 2 is 1.75 bits per heavy atom. The highest BCUT2D eigenvalue weighted by Crippen LogP contribution is 2.22. The standard InChI is InChI=1S/C17H15Cl2FN2O5S/c18-11-1-4-13(5-2-11)28(25,26)21-8-7-17(24)27-10-16(23)22-15-6-3-12(20)9-14(15)19/h1-6,9,21H,7-8,10H2,(H,22,23). The monoisotopic (exact) mass is 448 g/mol. The van der Waals surface area contributed by atoms with Crippen molar-refractivity contribution in [2.75, 3.05) is 18.5 Å². The van der Waals surface area contributed by atoms with Crippen LogP contribution in [0.1, 0.15) is 6.42 Å². The van der Waals surface area contributed by atoms with Gasteiger partial charge in [-0.05, 0) is 42.5 Å². The minimum Gasteiger partial charge on any atom is -0.456 e. The fourth-order valence-corrected chi connectivity index (χ4v) is 3.35. The van der Waals surface area contributed by atoms with E-state index in [-0.39, 0.29) is 28.6 Å². The van der Waals surface area contributed by atoms with E-state index < -0.39 is 34.3 Å². The number of rotatable bonds is 8. The molecule has 2 rings (SSSR count). The van der Waals surface area contributed by atoms with Crippen molar-refractivity contribution in [2.45, 2.75) is 11.3 Å². The third kappa shape index (κ3) is 6.75. The number of ether oxygens (including phenoxy) is 1. The van der Waals surface area contributed by atoms with Crippen LogP contribution in [0.4, 0.5) is 10.1 Å². The number of anilines is 1. The van der Waals surface area contributed by atoms with Gasteiger partial charge in [-0.1, -0.05) is 23.2 Å². The Hall–Kier alpha value is -2.20. The number of hydrogen-bond donors (Lipinski definition) is 2. The molecule has 150 valence electrons. The number of benzene rings is 2. The molecule has 0 fully saturated rings. The second-order valence-corrected chi connectivity index (χ2v) is 8.05. The van der Waals surface area contributed by atoms with Crippen LogP contribution in [0.5, 0.6) is 0 Å². The van der Waals surface area contributed by atoms with Gasteiger partial charge in [0.15, 0.2) is 6.61 Å². The molecule has 0 saturated carbocycles. The fourth-order valence-electron chi connectivity index (χ4n) is 1.98. The highest BCUT2D eigenvalue weighted by molar-refractivity contribution is 7.89. The maximum absolute atomic E-state index is 12.9. The lowest BCUT2D eigenvalue weighted by Crippen LogP contribution is -2.28. The van der Waals surface area contributed by atoms with Crippen molar-refractivity contribution >= 4 is 50.8 Å². The van der Waals surface area contributed by atoms with E-state index in [9.17, 15) is 22.4 Å². The highest BCUT2D eigenvalue weighted by Gasteiger charge is 2.15. The molecule has 0 unspecified atom stereocenters. The normalized spacial score (nSPS) is 11.1. The van der Waals surface area contributed by atoms with Gasteiger partial charge in [-0.15, -0.1) is 0 Å². The molecule has 1 amide bonds. The van der Waals surface area contributed by atoms with Crippen LogP contribution < -0.4 is 10.0 Å². The summed E-state index contributed by atoms with van der Waals surface area (Å²) >= 11 is 11.5. The minimum atomic E-state index is -3.79. The van der Waals surface area contributed by atoms with E-state index in [0.29, 0.717) is 5.02 Å². The molecule has 0 saturated heterocycles. The summed E-state index contributed by atoms with van der Waals surface area (Å²) in [6.07, 6.45) is -0.280. The molecule has 11 heteroatoms. The van der Waals surface area contributed by atoms with Crippen LogP contribution in [0, 0.1) is 5.82 Å². The first-order valence-corrected chi connectivity index (χ1v) is 10.1. The van der Waals surface area contributed by atoms with E-state index in [1.54, 1.807) is 0 Å². The van der Waals surface area contributed by atoms with Gasteiger partial charge in [-0.2, -0.15) is 0 Å². The summed E-state index contributed by atoms with van der Waals surface area (Å²) in [6.45, 7) is -0.814. The van der Waals surface area contributed by atoms with Crippen LogP contribution in [-0.2, 0) is 24.3 Å². The zero-order chi connectivity index (χ0) is 20.7. The summed E-state index contributed by atoms with van der Waals surface area (Å²) in [7, 11) is -3.79. The molecule has 0 radical (unpaired) electrons. The topological polar surface area (TPSA) is 102 Å². The van der Waals surface area contributed by atoms with E-state index in [2.05, 4.69) is 10.0 Å². The molecule has 0 spiro atoms. The van der Waals surface area contributed by atoms with E-state index in [0.717, 1.165) is 12.1 Å². The number of carbonyl (C=O) groups excluding carboxylic acids is 2. The maximum atomic E-state index is 12.9. The predicted molar refractivity (Wildman–Crippen MR) is 102 cm³/mol. The third-order valence-electron chi connectivity index (χ3n) is 3.31. The smallest absolute Gasteiger partial charge is 0.307 e. The van der Waals surface area contributed by atoms with Crippen LogP contribution >= 0.6 is 23.2 Å². The predicted octanol–water partition coefficient (Wildman–Crippen LogP) is 2.98. The SMILES string of the molecule is O=C(COC(=O)CCNS(=O)(=O)c1ccc(Cl)cc1)Nc1ccc(F)cc1Cl. The first kappa shape index (κ1) is 22.1. The summed E-state index contributed by atoms with van der Waals surface area (Å²) in [4.78, 5) is 23.4. The van der Waals surface area contributed by atoms with Crippen molar-refractivity contribution in [3.63, 3.8) is 0 Å². The second kappa shape index (κ2) is 9.83. The third-order valence-corrected chi connectivity index (χ3v) is 5.36. The van der Waals surface area contributed by atoms with Crippen LogP contribution in [0.15, 0.2) is 47.4 Å². The van der Waals surface area contributed by atoms with Crippen LogP contribution in [0.3, 0.4) is 0 Å². The van der Waals surface area contributed by atoms with Gasteiger partial charge in [-0.3, -0.25) is 9.59 Å². The summed E-state index contributed by atoms with van der Waals surface area (Å²) in [5.74, 6) is -2.02. The number of halogens is 3. The number of amides is 1. The lowest BCUT2D eigenvalue weighted by molar-refractivity contribution is -0.147. The number of carbonyl (C=O) groups is 2. The largest absolute Gasteiger partial charge is 0.456 e. The number of esters is 1. The van der Waals surface area contributed by atoms with Gasteiger partial charge in [-0.25, -0.2) is 17.5 Å². The van der Waals surface area contributed by atoms with Crippen LogP contribution in [0.25, 0.3) is 0 Å². The molecule has 0 aliphatic heterocycles. The van der Waals surface area contributed by atoms with Crippen molar-refractivity contribution < 1.29 is 27.1 Å². The molecular weight excluding hydrogens is 434 g/mol. The quantitative estimate of drug-likeness (QED) is 0.604. The summed E-state index contributed by atoms with van der Waals surface area (Å²) in [6, 6.07) is 8.91. The fraction of sp³-hybridized carbons (Fsp3) is 0.176. The summed E-state index contributed by atoms with van der Waals surface area (Å²) in [5.41, 5.74) is 0.167. The summed E-state index contributed by atoms with van der Waals surface area (Å²) < 4.78 is 44.0. The Labute approximate surface area is 170 Å². The molecule has 0 aliphatic carbocycles. The molecule has 7 nitrogen and oxygen atoms in total. The molecule has 0 aliphatic rings. The number of sulfonamides is 1. The Bertz CT molecular complexity index is 968. The van der Waals surface area contributed by atoms with Gasteiger partial charge in [0.2, 0.25) is 10.0 Å². The van der Waals surface area contributed by atoms with Crippen molar-refractivity contribution in [3.8, 4) is 0 Å². The second-order valence-electron chi connectivity index (χ2n) is 5.43. The van der Waals surface area contributed by atoms with Gasteiger partial charge in [0.25, 0.3) is 5.91 Å². The Kier molecular flexibility index (Phi) is 7.76. The van der Waals surface area contributed by atoms with Gasteiger partial charge in [0.1, 0.15) is 5.82 Å². The van der Waals surface area contributed by atoms with Crippen LogP contribution in [0.2, 0.25) is 10.0 Å². The lowest BCUT2D eigenvalue weighted by Gasteiger charge is -2.09.